The Morgan fingerprint density at radius 1 is 1.09 bits per heavy atom. The quantitative estimate of drug-likeness (QED) is 0.179. The fourth-order valence-electron chi connectivity index (χ4n) is 7.38. The molecule has 2 bridgehead atoms. The molecule has 1 spiro atoms. The van der Waals surface area contributed by atoms with E-state index in [4.69, 9.17) is 4.74 Å². The summed E-state index contributed by atoms with van der Waals surface area (Å²) in [5.74, 6) is -2.20. The number of amides is 2. The third kappa shape index (κ3) is 5.67. The highest BCUT2D eigenvalue weighted by Crippen LogP contribution is 2.72. The molecule has 0 radical (unpaired) electrons. The molecular weight excluding hydrogens is 560 g/mol. The van der Waals surface area contributed by atoms with Crippen LogP contribution in [0.15, 0.2) is 86.0 Å². The first kappa shape index (κ1) is 31.1. The van der Waals surface area contributed by atoms with Crippen LogP contribution in [0.25, 0.3) is 0 Å². The number of benzene rings is 2. The third-order valence-corrected chi connectivity index (χ3v) is 11.3. The molecule has 228 valence electrons. The zero-order valence-corrected chi connectivity index (χ0v) is 25.7. The number of aliphatic hydroxyl groups excluding tert-OH is 1. The van der Waals surface area contributed by atoms with Gasteiger partial charge >= 0.3 is 5.97 Å². The summed E-state index contributed by atoms with van der Waals surface area (Å²) in [6, 6.07) is 17.5. The number of likely N-dealkylation sites (tertiary alicyclic amines) is 1. The van der Waals surface area contributed by atoms with Crippen LogP contribution in [0.2, 0.25) is 0 Å². The minimum atomic E-state index is -0.858. The highest BCUT2D eigenvalue weighted by atomic mass is 32.2. The molecule has 3 heterocycles. The first-order valence-electron chi connectivity index (χ1n) is 15.2. The van der Waals surface area contributed by atoms with Gasteiger partial charge < -0.3 is 19.6 Å². The van der Waals surface area contributed by atoms with Crippen molar-refractivity contribution in [3.8, 4) is 0 Å². The van der Waals surface area contributed by atoms with Crippen LogP contribution in [0.5, 0.6) is 0 Å². The van der Waals surface area contributed by atoms with E-state index in [0.717, 1.165) is 30.4 Å². The van der Waals surface area contributed by atoms with Gasteiger partial charge in [0.2, 0.25) is 11.8 Å². The van der Waals surface area contributed by atoms with Gasteiger partial charge in [-0.2, -0.15) is 0 Å². The molecule has 0 aliphatic carbocycles. The second-order valence-electron chi connectivity index (χ2n) is 12.0. The summed E-state index contributed by atoms with van der Waals surface area (Å²) in [7, 11) is 0. The van der Waals surface area contributed by atoms with Crippen LogP contribution in [0.3, 0.4) is 0 Å². The number of aliphatic hydroxyl groups is 1. The van der Waals surface area contributed by atoms with Gasteiger partial charge in [-0.15, -0.1) is 24.9 Å². The Kier molecular flexibility index (Phi) is 9.47. The number of carbonyl (C=O) groups excluding carboxylic acids is 3. The SMILES string of the molecule is C=CCCCCOC(=O)[C@@H]1[C@H]2C(=O)N([C@H](CO)c3ccccc3)C(C(=O)N(CC=C)Cc3ccccc3)C23CC[C@@]1(C)S3. The number of rotatable bonds is 14. The van der Waals surface area contributed by atoms with Gasteiger partial charge in [0.25, 0.3) is 0 Å². The molecule has 3 saturated heterocycles. The second kappa shape index (κ2) is 13.1. The van der Waals surface area contributed by atoms with Crippen molar-refractivity contribution < 1.29 is 24.2 Å². The van der Waals surface area contributed by atoms with E-state index in [9.17, 15) is 19.5 Å². The van der Waals surface area contributed by atoms with Gasteiger partial charge in [0.05, 0.1) is 35.8 Å². The van der Waals surface area contributed by atoms with E-state index < -0.39 is 33.4 Å². The van der Waals surface area contributed by atoms with Crippen LogP contribution in [0.1, 0.15) is 56.2 Å². The van der Waals surface area contributed by atoms with Crippen molar-refractivity contribution in [1.29, 1.82) is 0 Å². The number of allylic oxidation sites excluding steroid dienone is 1. The van der Waals surface area contributed by atoms with Crippen molar-refractivity contribution in [2.45, 2.75) is 67.2 Å². The zero-order valence-electron chi connectivity index (χ0n) is 24.9. The van der Waals surface area contributed by atoms with E-state index in [1.807, 2.05) is 73.7 Å². The van der Waals surface area contributed by atoms with Gasteiger partial charge in [-0.05, 0) is 50.2 Å². The lowest BCUT2D eigenvalue weighted by atomic mass is 9.66. The van der Waals surface area contributed by atoms with E-state index in [2.05, 4.69) is 13.2 Å². The molecule has 0 aromatic heterocycles. The van der Waals surface area contributed by atoms with Crippen molar-refractivity contribution in [3.05, 3.63) is 97.1 Å². The summed E-state index contributed by atoms with van der Waals surface area (Å²) >= 11 is 1.61. The summed E-state index contributed by atoms with van der Waals surface area (Å²) < 4.78 is 4.46. The normalized spacial score (nSPS) is 27.9. The molecule has 2 aromatic carbocycles. The molecule has 5 rings (SSSR count). The molecule has 3 fully saturated rings. The van der Waals surface area contributed by atoms with E-state index in [1.165, 1.54) is 0 Å². The highest BCUT2D eigenvalue weighted by molar-refractivity contribution is 8.02. The minimum Gasteiger partial charge on any atom is -0.465 e. The summed E-state index contributed by atoms with van der Waals surface area (Å²) in [5, 5.41) is 10.7. The Balaban J connectivity index is 1.54. The topological polar surface area (TPSA) is 87.1 Å². The van der Waals surface area contributed by atoms with Gasteiger partial charge in [0.15, 0.2) is 0 Å². The number of esters is 1. The summed E-state index contributed by atoms with van der Waals surface area (Å²) in [6.45, 7) is 10.3. The first-order valence-corrected chi connectivity index (χ1v) is 16.0. The lowest BCUT2D eigenvalue weighted by molar-refractivity contribution is -0.156. The number of nitrogens with zero attached hydrogens (tertiary/aromatic N) is 2. The van der Waals surface area contributed by atoms with Crippen LogP contribution in [-0.4, -0.2) is 68.0 Å². The maximum atomic E-state index is 14.8. The van der Waals surface area contributed by atoms with Crippen molar-refractivity contribution in [1.82, 2.24) is 9.80 Å². The Bertz CT molecular complexity index is 1340. The fraction of sp³-hybridized carbons (Fsp3) is 0.457. The van der Waals surface area contributed by atoms with Crippen molar-refractivity contribution >= 4 is 29.5 Å². The molecule has 2 amide bonds. The second-order valence-corrected chi connectivity index (χ2v) is 13.9. The van der Waals surface area contributed by atoms with Gasteiger partial charge in [-0.3, -0.25) is 14.4 Å². The fourth-order valence-corrected chi connectivity index (χ4v) is 9.71. The molecule has 2 unspecified atom stereocenters. The number of hydrogen-bond acceptors (Lipinski definition) is 6. The molecular formula is C35H42N2O5S. The summed E-state index contributed by atoms with van der Waals surface area (Å²) in [5.41, 5.74) is 1.72. The minimum absolute atomic E-state index is 0.191. The number of thioether (sulfide) groups is 1. The molecule has 1 N–H and O–H groups in total. The van der Waals surface area contributed by atoms with E-state index in [0.29, 0.717) is 25.9 Å². The Morgan fingerprint density at radius 3 is 2.44 bits per heavy atom. The number of carbonyl (C=O) groups is 3. The van der Waals surface area contributed by atoms with Gasteiger partial charge in [0.1, 0.15) is 6.04 Å². The first-order chi connectivity index (χ1) is 20.8. The van der Waals surface area contributed by atoms with E-state index >= 15 is 0 Å². The molecule has 43 heavy (non-hydrogen) atoms. The van der Waals surface area contributed by atoms with Gasteiger partial charge in [-0.1, -0.05) is 72.8 Å². The summed E-state index contributed by atoms with van der Waals surface area (Å²) in [6.07, 6.45) is 7.32. The average molecular weight is 603 g/mol. The third-order valence-electron chi connectivity index (χ3n) is 9.32. The smallest absolute Gasteiger partial charge is 0.311 e. The maximum Gasteiger partial charge on any atom is 0.311 e. The van der Waals surface area contributed by atoms with Crippen LogP contribution in [-0.2, 0) is 25.7 Å². The molecule has 8 heteroatoms. The lowest BCUT2D eigenvalue weighted by Gasteiger charge is -2.39. The maximum absolute atomic E-state index is 14.8. The van der Waals surface area contributed by atoms with Crippen molar-refractivity contribution in [3.63, 3.8) is 0 Å². The predicted octanol–water partition coefficient (Wildman–Crippen LogP) is 5.32. The molecule has 2 aromatic rings. The van der Waals surface area contributed by atoms with Gasteiger partial charge in [0, 0.05) is 17.8 Å². The average Bonchev–Trinajstić information content (AvgIpc) is 3.59. The number of hydrogen-bond donors (Lipinski definition) is 1. The lowest BCUT2D eigenvalue weighted by Crippen LogP contribution is -2.55. The Hall–Kier alpha value is -3.36. The molecule has 6 atom stereocenters. The van der Waals surface area contributed by atoms with Crippen LogP contribution in [0, 0.1) is 11.8 Å². The largest absolute Gasteiger partial charge is 0.465 e. The molecule has 3 aliphatic rings. The van der Waals surface area contributed by atoms with E-state index in [-0.39, 0.29) is 31.0 Å². The highest BCUT2D eigenvalue weighted by Gasteiger charge is 2.78. The predicted molar refractivity (Wildman–Crippen MR) is 169 cm³/mol. The zero-order chi connectivity index (χ0) is 30.6. The van der Waals surface area contributed by atoms with Crippen molar-refractivity contribution in [2.24, 2.45) is 11.8 Å². The standard InChI is InChI=1S/C35H42N2O5S/c1-4-6-7-14-22-42-33(41)29-28-31(39)37(27(24-38)26-17-12-9-13-18-26)30(35(28)20-19-34(29,3)43-35)32(40)36(21-5-2)23-25-15-10-8-11-16-25/h4-5,8-13,15-18,27-30,38H,1-2,6-7,14,19-24H2,3H3/t27-,28+,29+,30?,34-,35?/m1/s1. The van der Waals surface area contributed by atoms with Crippen LogP contribution >= 0.6 is 11.8 Å². The molecule has 7 nitrogen and oxygen atoms in total. The number of ether oxygens (including phenoxy) is 1. The van der Waals surface area contributed by atoms with Crippen LogP contribution < -0.4 is 0 Å². The number of fused-ring (bicyclic) bond motifs is 1. The Morgan fingerprint density at radius 2 is 1.79 bits per heavy atom. The monoisotopic (exact) mass is 602 g/mol. The molecule has 3 aliphatic heterocycles. The van der Waals surface area contributed by atoms with Gasteiger partial charge in [-0.25, -0.2) is 0 Å². The van der Waals surface area contributed by atoms with Crippen LogP contribution in [0.4, 0.5) is 0 Å². The Labute approximate surface area is 259 Å². The van der Waals surface area contributed by atoms with Crippen molar-refractivity contribution in [2.75, 3.05) is 19.8 Å². The number of unbranched alkanes of at least 4 members (excludes halogenated alkanes) is 2. The summed E-state index contributed by atoms with van der Waals surface area (Å²) in [4.78, 5) is 46.5. The molecule has 0 saturated carbocycles. The van der Waals surface area contributed by atoms with E-state index in [1.54, 1.807) is 27.6 Å².